The van der Waals surface area contributed by atoms with Crippen LogP contribution in [0.2, 0.25) is 0 Å². The minimum Gasteiger partial charge on any atom is -0.494 e. The largest absolute Gasteiger partial charge is 0.494 e. The van der Waals surface area contributed by atoms with Crippen LogP contribution >= 0.6 is 0 Å². The van der Waals surface area contributed by atoms with Crippen molar-refractivity contribution in [1.82, 2.24) is 10.2 Å². The van der Waals surface area contributed by atoms with Crippen LogP contribution in [0.25, 0.3) is 0 Å². The predicted molar refractivity (Wildman–Crippen MR) is 81.5 cm³/mol. The first-order chi connectivity index (χ1) is 10.2. The van der Waals surface area contributed by atoms with E-state index >= 15 is 0 Å². The van der Waals surface area contributed by atoms with Gasteiger partial charge in [0.05, 0.1) is 12.7 Å². The Morgan fingerprint density at radius 1 is 1.48 bits per heavy atom. The van der Waals surface area contributed by atoms with Crippen LogP contribution in [0.4, 0.5) is 4.79 Å². The molecule has 0 aliphatic carbocycles. The first-order valence-electron chi connectivity index (χ1n) is 7.55. The van der Waals surface area contributed by atoms with Gasteiger partial charge in [-0.1, -0.05) is 18.2 Å². The summed E-state index contributed by atoms with van der Waals surface area (Å²) in [5, 5.41) is 2.97. The van der Waals surface area contributed by atoms with Gasteiger partial charge in [0.25, 0.3) is 0 Å². The Morgan fingerprint density at radius 3 is 3.10 bits per heavy atom. The maximum atomic E-state index is 12.3. The van der Waals surface area contributed by atoms with E-state index < -0.39 is 0 Å². The van der Waals surface area contributed by atoms with Gasteiger partial charge in [-0.05, 0) is 26.3 Å². The Bertz CT molecular complexity index is 465. The van der Waals surface area contributed by atoms with Gasteiger partial charge in [-0.25, -0.2) is 4.79 Å². The molecule has 1 unspecified atom stereocenters. The van der Waals surface area contributed by atoms with Crippen LogP contribution in [-0.2, 0) is 11.3 Å². The molecule has 0 bridgehead atoms. The Hall–Kier alpha value is -1.75. The average Bonchev–Trinajstić information content (AvgIpc) is 2.71. The summed E-state index contributed by atoms with van der Waals surface area (Å²) < 4.78 is 11.1. The van der Waals surface area contributed by atoms with Crippen LogP contribution in [0.5, 0.6) is 5.75 Å². The molecule has 1 fully saturated rings. The first-order valence-corrected chi connectivity index (χ1v) is 7.55. The van der Waals surface area contributed by atoms with Crippen LogP contribution in [0, 0.1) is 0 Å². The molecule has 1 aromatic carbocycles. The number of nitrogens with zero attached hydrogens (tertiary/aromatic N) is 1. The number of para-hydroxylation sites is 1. The zero-order valence-corrected chi connectivity index (χ0v) is 12.8. The quantitative estimate of drug-likeness (QED) is 0.927. The third kappa shape index (κ3) is 4.63. The fraction of sp³-hybridized carbons (Fsp3) is 0.562. The third-order valence-electron chi connectivity index (χ3n) is 3.44. The summed E-state index contributed by atoms with van der Waals surface area (Å²) in [6.45, 7) is 7.14. The molecule has 0 aromatic heterocycles. The Balaban J connectivity index is 1.91. The number of amides is 2. The van der Waals surface area contributed by atoms with Crippen LogP contribution in [0.15, 0.2) is 24.3 Å². The number of hydrogen-bond acceptors (Lipinski definition) is 3. The molecule has 0 saturated carbocycles. The van der Waals surface area contributed by atoms with Gasteiger partial charge in [-0.15, -0.1) is 0 Å². The number of ether oxygens (including phenoxy) is 2. The maximum Gasteiger partial charge on any atom is 0.317 e. The van der Waals surface area contributed by atoms with Crippen LogP contribution in [0.3, 0.4) is 0 Å². The van der Waals surface area contributed by atoms with E-state index in [1.807, 2.05) is 43.0 Å². The zero-order valence-electron chi connectivity index (χ0n) is 12.8. The first kappa shape index (κ1) is 15.6. The minimum atomic E-state index is -0.0429. The number of benzene rings is 1. The normalized spacial score (nSPS) is 19.0. The highest BCUT2D eigenvalue weighted by molar-refractivity contribution is 5.74. The van der Waals surface area contributed by atoms with E-state index in [-0.39, 0.29) is 12.1 Å². The molecule has 1 saturated heterocycles. The molecule has 2 amide bonds. The van der Waals surface area contributed by atoms with Gasteiger partial charge in [-0.3, -0.25) is 0 Å². The lowest BCUT2D eigenvalue weighted by Gasteiger charge is -2.22. The highest BCUT2D eigenvalue weighted by Gasteiger charge is 2.19. The summed E-state index contributed by atoms with van der Waals surface area (Å²) in [5.41, 5.74) is 0.992. The Morgan fingerprint density at radius 2 is 2.29 bits per heavy atom. The van der Waals surface area contributed by atoms with Gasteiger partial charge < -0.3 is 19.7 Å². The lowest BCUT2D eigenvalue weighted by Crippen LogP contribution is -2.42. The summed E-state index contributed by atoms with van der Waals surface area (Å²) in [5.74, 6) is 0.827. The molecule has 1 N–H and O–H groups in total. The summed E-state index contributed by atoms with van der Waals surface area (Å²) >= 11 is 0. The molecule has 1 aliphatic heterocycles. The molecule has 5 nitrogen and oxygen atoms in total. The molecular weight excluding hydrogens is 268 g/mol. The zero-order chi connectivity index (χ0) is 15.1. The van der Waals surface area contributed by atoms with E-state index in [4.69, 9.17) is 9.47 Å². The molecule has 1 atom stereocenters. The second kappa shape index (κ2) is 7.88. The number of carbonyl (C=O) groups is 1. The summed E-state index contributed by atoms with van der Waals surface area (Å²) in [6, 6.07) is 7.74. The summed E-state index contributed by atoms with van der Waals surface area (Å²) in [4.78, 5) is 14.1. The Kier molecular flexibility index (Phi) is 5.87. The molecule has 21 heavy (non-hydrogen) atoms. The number of urea groups is 1. The number of nitrogens with one attached hydrogen (secondary N) is 1. The topological polar surface area (TPSA) is 50.8 Å². The van der Waals surface area contributed by atoms with E-state index in [0.29, 0.717) is 19.7 Å². The molecule has 1 aliphatic rings. The van der Waals surface area contributed by atoms with Gasteiger partial charge in [0.1, 0.15) is 5.75 Å². The van der Waals surface area contributed by atoms with Gasteiger partial charge >= 0.3 is 6.03 Å². The van der Waals surface area contributed by atoms with Crippen molar-refractivity contribution in [2.45, 2.75) is 32.9 Å². The highest BCUT2D eigenvalue weighted by Crippen LogP contribution is 2.17. The highest BCUT2D eigenvalue weighted by atomic mass is 16.5. The summed E-state index contributed by atoms with van der Waals surface area (Å²) in [7, 11) is 0. The van der Waals surface area contributed by atoms with Gasteiger partial charge in [0.2, 0.25) is 0 Å². The van der Waals surface area contributed by atoms with E-state index in [0.717, 1.165) is 30.9 Å². The fourth-order valence-corrected chi connectivity index (χ4v) is 2.41. The third-order valence-corrected chi connectivity index (χ3v) is 3.44. The summed E-state index contributed by atoms with van der Waals surface area (Å²) in [6.07, 6.45) is 0.974. The van der Waals surface area contributed by atoms with Crippen LogP contribution in [0.1, 0.15) is 25.8 Å². The second-order valence-electron chi connectivity index (χ2n) is 5.18. The lowest BCUT2D eigenvalue weighted by molar-refractivity contribution is 0.0710. The second-order valence-corrected chi connectivity index (χ2v) is 5.18. The van der Waals surface area contributed by atoms with Crippen molar-refractivity contribution in [3.63, 3.8) is 0 Å². The van der Waals surface area contributed by atoms with E-state index in [1.165, 1.54) is 0 Å². The maximum absolute atomic E-state index is 12.3. The van der Waals surface area contributed by atoms with Gasteiger partial charge in [0.15, 0.2) is 0 Å². The lowest BCUT2D eigenvalue weighted by atomic mass is 10.2. The number of rotatable bonds is 4. The molecule has 0 spiro atoms. The van der Waals surface area contributed by atoms with Crippen molar-refractivity contribution in [1.29, 1.82) is 0 Å². The van der Waals surface area contributed by atoms with Crippen molar-refractivity contribution < 1.29 is 14.3 Å². The van der Waals surface area contributed by atoms with Gasteiger partial charge in [0, 0.05) is 31.8 Å². The van der Waals surface area contributed by atoms with E-state index in [1.54, 1.807) is 0 Å². The molecule has 2 rings (SSSR count). The minimum absolute atomic E-state index is 0.0429. The number of carbonyl (C=O) groups excluding carboxylic acids is 1. The molecule has 116 valence electrons. The monoisotopic (exact) mass is 292 g/mol. The predicted octanol–water partition coefficient (Wildman–Crippen LogP) is 2.41. The van der Waals surface area contributed by atoms with Crippen molar-refractivity contribution in [2.24, 2.45) is 0 Å². The van der Waals surface area contributed by atoms with Crippen LogP contribution < -0.4 is 10.1 Å². The average molecular weight is 292 g/mol. The molecule has 5 heteroatoms. The van der Waals surface area contributed by atoms with Crippen molar-refractivity contribution in [2.75, 3.05) is 26.3 Å². The van der Waals surface area contributed by atoms with Crippen molar-refractivity contribution in [3.05, 3.63) is 29.8 Å². The van der Waals surface area contributed by atoms with Gasteiger partial charge in [-0.2, -0.15) is 0 Å². The molecular formula is C16H24N2O3. The van der Waals surface area contributed by atoms with E-state index in [9.17, 15) is 4.79 Å². The van der Waals surface area contributed by atoms with Crippen molar-refractivity contribution in [3.8, 4) is 5.75 Å². The van der Waals surface area contributed by atoms with Crippen LogP contribution in [-0.4, -0.2) is 43.3 Å². The Labute approximate surface area is 126 Å². The van der Waals surface area contributed by atoms with E-state index in [2.05, 4.69) is 5.32 Å². The SMILES string of the molecule is CCOc1ccccc1CNC(=O)N1CCCOC(C)C1. The van der Waals surface area contributed by atoms with Crippen molar-refractivity contribution >= 4 is 6.03 Å². The fourth-order valence-electron chi connectivity index (χ4n) is 2.41. The smallest absolute Gasteiger partial charge is 0.317 e. The standard InChI is InChI=1S/C16H24N2O3/c1-3-20-15-8-5-4-7-14(15)11-17-16(19)18-9-6-10-21-13(2)12-18/h4-5,7-8,13H,3,6,9-12H2,1-2H3,(H,17,19). The number of hydrogen-bond donors (Lipinski definition) is 1. The molecule has 0 radical (unpaired) electrons. The molecule has 1 heterocycles. The molecule has 1 aromatic rings.